The Morgan fingerprint density at radius 1 is 0.358 bits per heavy atom. The molecule has 4 fully saturated rings. The Morgan fingerprint density at radius 2 is 0.791 bits per heavy atom. The van der Waals surface area contributed by atoms with Gasteiger partial charge < -0.3 is 24.9 Å². The zero-order valence-electron chi connectivity index (χ0n) is 88.3. The van der Waals surface area contributed by atoms with Crippen molar-refractivity contribution < 1.29 is 125 Å². The van der Waals surface area contributed by atoms with Gasteiger partial charge in [-0.05, 0) is 205 Å². The predicted octanol–water partition coefficient (Wildman–Crippen LogP) is 36.0. The zero-order chi connectivity index (χ0) is 103. The van der Waals surface area contributed by atoms with Gasteiger partial charge in [0.1, 0.15) is 0 Å². The molecular weight excluding hydrogens is 2600 g/mol. The van der Waals surface area contributed by atoms with Gasteiger partial charge >= 0.3 is 0 Å². The second kappa shape index (κ2) is 58.8. The van der Waals surface area contributed by atoms with E-state index in [4.69, 9.17) is 14.0 Å². The molecule has 0 bridgehead atoms. The quantitative estimate of drug-likeness (QED) is 0.0242. The molecule has 0 atom stereocenters. The van der Waals surface area contributed by atoms with Crippen LogP contribution in [0.4, 0.5) is 0 Å². The van der Waals surface area contributed by atoms with E-state index in [1.165, 1.54) is 162 Å². The Kier molecular flexibility index (Phi) is 48.3. The van der Waals surface area contributed by atoms with E-state index in [0.29, 0.717) is 48.0 Å². The maximum Gasteiger partial charge on any atom is 0.162 e. The summed E-state index contributed by atoms with van der Waals surface area (Å²) < 4.78 is 23.2. The van der Waals surface area contributed by atoms with Gasteiger partial charge in [0.15, 0.2) is 28.7 Å². The average molecular weight is 2750 g/mol. The second-order valence-corrected chi connectivity index (χ2v) is 44.7. The molecule has 0 spiro atoms. The summed E-state index contributed by atoms with van der Waals surface area (Å²) in [5.41, 5.74) is 11.9. The van der Waals surface area contributed by atoms with E-state index in [1.54, 1.807) is 54.5 Å². The molecule has 788 valence electrons. The standard InChI is InChI=1S/C21H12NO.C21H24NS.2C17H10NS.C17H32O2.C15H24O2.C13H20O2.C7H12O2.4Ir/c1-2-7-15(8-3-1)21-19-13-18-16(12-20(19)23-22-21)11-10-14-6-4-5-9-17(14)18;1-20(2,3)15-9-7-8-14(12-15)19-17-11-10-16(21(4,5)6)13-18(17)23-22-19;1-2-8-13-12(6-1)7-5-10-14(13)17-15-9-3-4-11-16(15)19-18-17;1-2-6-12(7-3-1)17-15-10-13-8-4-5-9-14(13)11-16(15)19-18-17;1-10(2)16(11(3)4)14(18)9-15(19)17(12(5)6)13(7)8;16-14(12-7-3-1-4-8-12)11-15(17)13-9-5-2-6-10-13;14-12(10-5-1-2-6-10)9-13(15)11-7-3-4-8-11;1-3-6(8)5-7(9)4-2;;;;/h1-7,9-13H;7,9-13H,1-6H3;1-9,11H;1-6,8-11H;9-13,16-18H,1-8H3;11-13,16H,1-10H2;9-11,14H,1-8H2;5,8H,3-4H2,1-2H3;;;;/q4*-1;;;;;;;;. The summed E-state index contributed by atoms with van der Waals surface area (Å²) in [5.74, 6) is 3.75. The van der Waals surface area contributed by atoms with Gasteiger partial charge in [-0.2, -0.15) is 0 Å². The topological polar surface area (TPSA) is 214 Å². The molecule has 0 aliphatic heterocycles. The van der Waals surface area contributed by atoms with E-state index in [2.05, 4.69) is 311 Å². The summed E-state index contributed by atoms with van der Waals surface area (Å²) in [6.07, 6.45) is 27.2. The van der Waals surface area contributed by atoms with Gasteiger partial charge in [0, 0.05) is 195 Å². The zero-order valence-corrected chi connectivity index (χ0v) is 100. The number of benzene rings is 12. The first-order valence-corrected chi connectivity index (χ1v) is 54.4. The monoisotopic (exact) mass is 2750 g/mol. The third kappa shape index (κ3) is 33.1. The van der Waals surface area contributed by atoms with Crippen molar-refractivity contribution in [2.24, 2.45) is 59.2 Å². The first-order valence-electron chi connectivity index (χ1n) is 52.1. The Balaban J connectivity index is 0.000000189. The summed E-state index contributed by atoms with van der Waals surface area (Å²) in [7, 11) is 0. The fourth-order valence-electron chi connectivity index (χ4n) is 20.2. The van der Waals surface area contributed by atoms with Crippen LogP contribution in [0.2, 0.25) is 0 Å². The van der Waals surface area contributed by atoms with E-state index >= 15 is 0 Å². The number of aliphatic hydroxyl groups excluding tert-OH is 4. The summed E-state index contributed by atoms with van der Waals surface area (Å²) in [5, 5.41) is 57.7. The van der Waals surface area contributed by atoms with Crippen molar-refractivity contribution >= 4 is 142 Å². The number of rotatable bonds is 20. The number of aliphatic hydroxyl groups is 4. The summed E-state index contributed by atoms with van der Waals surface area (Å²) >= 11 is 4.68. The molecule has 16 aromatic rings. The van der Waals surface area contributed by atoms with Crippen LogP contribution in [0.3, 0.4) is 0 Å². The van der Waals surface area contributed by atoms with Crippen molar-refractivity contribution in [3.05, 3.63) is 313 Å². The normalized spacial score (nSPS) is 14.5. The molecule has 20 heteroatoms. The van der Waals surface area contributed by atoms with Crippen molar-refractivity contribution in [1.82, 2.24) is 18.3 Å². The summed E-state index contributed by atoms with van der Waals surface area (Å²) in [6, 6.07) is 92.8. The number of carbonyl (C=O) groups excluding carboxylic acids is 4. The molecule has 4 N–H and O–H groups in total. The van der Waals surface area contributed by atoms with Crippen molar-refractivity contribution in [2.45, 2.75) is 250 Å². The van der Waals surface area contributed by atoms with E-state index in [-0.39, 0.29) is 161 Å². The first-order chi connectivity index (χ1) is 69.2. The number of aromatic nitrogens is 4. The van der Waals surface area contributed by atoms with Crippen LogP contribution in [-0.2, 0) is 110 Å². The molecule has 0 amide bonds. The number of hydrogen-bond acceptors (Lipinski definition) is 16. The third-order valence-electron chi connectivity index (χ3n) is 28.2. The van der Waals surface area contributed by atoms with E-state index in [1.807, 2.05) is 54.6 Å². The van der Waals surface area contributed by atoms with E-state index in [9.17, 15) is 34.5 Å². The van der Waals surface area contributed by atoms with Crippen molar-refractivity contribution in [1.29, 1.82) is 0 Å². The Hall–Kier alpha value is -9.74. The van der Waals surface area contributed by atoms with Crippen LogP contribution >= 0.6 is 34.6 Å². The average Bonchev–Trinajstić information content (AvgIpc) is 1.56. The molecule has 4 aliphatic rings. The SMILES string of the molecule is CC(C)(C)c1cc[c-]c(-c2nsc3cc(C(C)(C)C)ccc23)c1.CC(C)C(C(=O)C=C(O)C(C(C)C)C(C)C)C(C)C.CCC(=O)C=C(O)CC.O=C(C=C(O)C1CCCC1)C1CCCC1.O=C(C=C(O)C1CCCCC1)C1CCCCC1.[Ir].[Ir].[Ir].[Ir].[c-]1ccc2ccccc2c1-c1nsc2ccccc12.[c-]1ccccc1-c1noc2cc3ccc4ccccc4c3cc12.[c-]1ccccc1-c1nsc2cc3ccccc3cc12. The molecule has 13 nitrogen and oxygen atoms in total. The Labute approximate surface area is 943 Å². The smallest absolute Gasteiger partial charge is 0.162 e. The van der Waals surface area contributed by atoms with Crippen LogP contribution in [0.1, 0.15) is 250 Å². The van der Waals surface area contributed by atoms with Gasteiger partial charge in [0.25, 0.3) is 0 Å². The molecule has 4 aliphatic carbocycles. The van der Waals surface area contributed by atoms with Crippen LogP contribution < -0.4 is 0 Å². The van der Waals surface area contributed by atoms with Gasteiger partial charge in [-0.25, -0.2) is 13.1 Å². The fraction of sp³-hybridized carbons (Fsp3) is 0.375. The van der Waals surface area contributed by atoms with Crippen molar-refractivity contribution in [3.8, 4) is 45.0 Å². The second-order valence-electron chi connectivity index (χ2n) is 42.3. The number of carbonyl (C=O) groups is 4. The number of fused-ring (bicyclic) bond motifs is 9. The minimum Gasteiger partial charge on any atom is -0.512 e. The molecule has 4 heterocycles. The summed E-state index contributed by atoms with van der Waals surface area (Å²) in [4.78, 5) is 46.7. The maximum atomic E-state index is 12.3. The fourth-order valence-corrected chi connectivity index (χ4v) is 22.6. The molecule has 4 radical (unpaired) electrons. The molecule has 4 saturated carbocycles. The minimum absolute atomic E-state index is 0. The largest absolute Gasteiger partial charge is 0.512 e. The van der Waals surface area contributed by atoms with E-state index in [0.717, 1.165) is 113 Å². The number of nitrogens with zero attached hydrogens (tertiary/aromatic N) is 4. The third-order valence-corrected chi connectivity index (χ3v) is 30.7. The van der Waals surface area contributed by atoms with Crippen molar-refractivity contribution in [2.75, 3.05) is 0 Å². The van der Waals surface area contributed by atoms with Crippen LogP contribution in [0.15, 0.2) is 282 Å². The molecule has 4 aromatic heterocycles. The molecule has 12 aromatic carbocycles. The molecule has 0 unspecified atom stereocenters. The van der Waals surface area contributed by atoms with Gasteiger partial charge in [0.05, 0.1) is 23.0 Å². The number of allylic oxidation sites excluding steroid dienone is 8. The van der Waals surface area contributed by atoms with E-state index < -0.39 is 0 Å². The minimum atomic E-state index is -0.0191. The van der Waals surface area contributed by atoms with Gasteiger partial charge in [-0.1, -0.05) is 302 Å². The van der Waals surface area contributed by atoms with Crippen LogP contribution in [0, 0.1) is 83.4 Å². The molecule has 0 saturated heterocycles. The van der Waals surface area contributed by atoms with Crippen molar-refractivity contribution in [3.63, 3.8) is 0 Å². The van der Waals surface area contributed by atoms with Crippen LogP contribution in [-0.4, -0.2) is 61.8 Å². The molecule has 20 rings (SSSR count). The van der Waals surface area contributed by atoms with Crippen LogP contribution in [0.25, 0.3) is 129 Å². The molecular formula is C128H144Ir4N4O9S3-4. The van der Waals surface area contributed by atoms with Gasteiger partial charge in [-0.15, -0.1) is 141 Å². The Morgan fingerprint density at radius 3 is 1.32 bits per heavy atom. The number of hydrogen-bond donors (Lipinski definition) is 4. The number of ketones is 4. The van der Waals surface area contributed by atoms with Crippen LogP contribution in [0.5, 0.6) is 0 Å². The predicted molar refractivity (Wildman–Crippen MR) is 604 cm³/mol. The maximum absolute atomic E-state index is 12.3. The first kappa shape index (κ1) is 122. The summed E-state index contributed by atoms with van der Waals surface area (Å²) in [6.45, 7) is 33.6. The molecule has 148 heavy (non-hydrogen) atoms. The Bertz CT molecular complexity index is 7090. The van der Waals surface area contributed by atoms with Gasteiger partial charge in [-0.3, -0.25) is 19.2 Å². The van der Waals surface area contributed by atoms with Gasteiger partial charge in [0.2, 0.25) is 0 Å².